The maximum atomic E-state index is 12.4. The first-order chi connectivity index (χ1) is 15.9. The molecule has 0 unspecified atom stereocenters. The van der Waals surface area contributed by atoms with Crippen LogP contribution in [0.4, 0.5) is 5.69 Å². The van der Waals surface area contributed by atoms with E-state index in [1.807, 2.05) is 0 Å². The zero-order chi connectivity index (χ0) is 23.6. The number of hydrazine groups is 1. The van der Waals surface area contributed by atoms with Crippen LogP contribution in [0.1, 0.15) is 73.1 Å². The number of nitrogens with one attached hydrogen (secondary N) is 3. The third-order valence-corrected chi connectivity index (χ3v) is 5.76. The van der Waals surface area contributed by atoms with Gasteiger partial charge in [-0.1, -0.05) is 33.1 Å². The van der Waals surface area contributed by atoms with Gasteiger partial charge in [-0.05, 0) is 73.7 Å². The molecule has 33 heavy (non-hydrogen) atoms. The van der Waals surface area contributed by atoms with Crippen molar-refractivity contribution in [1.82, 2.24) is 10.9 Å². The van der Waals surface area contributed by atoms with Crippen molar-refractivity contribution in [3.05, 3.63) is 59.7 Å². The molecule has 0 heterocycles. The van der Waals surface area contributed by atoms with E-state index in [1.165, 1.54) is 6.42 Å². The van der Waals surface area contributed by atoms with Gasteiger partial charge in [0.1, 0.15) is 5.75 Å². The van der Waals surface area contributed by atoms with E-state index in [-0.39, 0.29) is 11.8 Å². The molecule has 7 nitrogen and oxygen atoms in total. The van der Waals surface area contributed by atoms with Crippen molar-refractivity contribution in [3.63, 3.8) is 0 Å². The Morgan fingerprint density at radius 2 is 1.39 bits per heavy atom. The van der Waals surface area contributed by atoms with Gasteiger partial charge in [-0.25, -0.2) is 0 Å². The second kappa shape index (κ2) is 12.0. The Balaban J connectivity index is 1.45. The van der Waals surface area contributed by atoms with Gasteiger partial charge < -0.3 is 10.1 Å². The smallest absolute Gasteiger partial charge is 0.269 e. The van der Waals surface area contributed by atoms with Gasteiger partial charge in [0.15, 0.2) is 0 Å². The van der Waals surface area contributed by atoms with Gasteiger partial charge in [0, 0.05) is 22.7 Å². The summed E-state index contributed by atoms with van der Waals surface area (Å²) in [6.07, 6.45) is 6.21. The molecular weight excluding hydrogens is 418 g/mol. The molecular formula is C26H33N3O4. The maximum absolute atomic E-state index is 12.4. The maximum Gasteiger partial charge on any atom is 0.269 e. The highest BCUT2D eigenvalue weighted by Gasteiger charge is 2.21. The zero-order valence-electron chi connectivity index (χ0n) is 19.4. The zero-order valence-corrected chi connectivity index (χ0v) is 19.4. The Kier molecular flexibility index (Phi) is 8.87. The summed E-state index contributed by atoms with van der Waals surface area (Å²) in [6.45, 7) is 4.90. The summed E-state index contributed by atoms with van der Waals surface area (Å²) >= 11 is 0. The fraction of sp³-hybridized carbons (Fsp3) is 0.423. The van der Waals surface area contributed by atoms with E-state index in [9.17, 15) is 14.4 Å². The molecule has 0 aromatic heterocycles. The van der Waals surface area contributed by atoms with E-state index in [2.05, 4.69) is 30.0 Å². The molecule has 0 atom stereocenters. The molecule has 1 fully saturated rings. The van der Waals surface area contributed by atoms with Crippen LogP contribution in [0.5, 0.6) is 5.75 Å². The van der Waals surface area contributed by atoms with Crippen LogP contribution in [0.3, 0.4) is 0 Å². The minimum Gasteiger partial charge on any atom is -0.494 e. The van der Waals surface area contributed by atoms with Crippen LogP contribution in [0.25, 0.3) is 0 Å². The van der Waals surface area contributed by atoms with E-state index in [0.29, 0.717) is 35.1 Å². The minimum atomic E-state index is -0.442. The molecule has 3 rings (SSSR count). The summed E-state index contributed by atoms with van der Waals surface area (Å²) in [5, 5.41) is 2.92. The molecule has 176 valence electrons. The van der Waals surface area contributed by atoms with Crippen LogP contribution < -0.4 is 20.9 Å². The van der Waals surface area contributed by atoms with Crippen molar-refractivity contribution >= 4 is 23.4 Å². The topological polar surface area (TPSA) is 96.5 Å². The molecule has 1 aliphatic rings. The fourth-order valence-electron chi connectivity index (χ4n) is 3.69. The molecule has 1 aliphatic carbocycles. The van der Waals surface area contributed by atoms with Gasteiger partial charge in [0.2, 0.25) is 5.91 Å². The lowest BCUT2D eigenvalue weighted by Gasteiger charge is -2.20. The van der Waals surface area contributed by atoms with Crippen molar-refractivity contribution in [2.45, 2.75) is 52.4 Å². The van der Waals surface area contributed by atoms with Gasteiger partial charge in [-0.3, -0.25) is 25.2 Å². The molecule has 1 saturated carbocycles. The first-order valence-electron chi connectivity index (χ1n) is 11.7. The molecule has 2 aromatic carbocycles. The number of carbonyl (C=O) groups excluding carboxylic acids is 3. The number of ether oxygens (including phenoxy) is 1. The SMILES string of the molecule is CC(C)CCOc1ccc(C(=O)NNC(=O)c2ccc(NC(=O)C3CCCCC3)cc2)cc1. The Hall–Kier alpha value is -3.35. The molecule has 0 bridgehead atoms. The molecule has 0 aliphatic heterocycles. The Morgan fingerprint density at radius 1 is 0.848 bits per heavy atom. The second-order valence-electron chi connectivity index (χ2n) is 8.87. The molecule has 3 amide bonds. The van der Waals surface area contributed by atoms with Gasteiger partial charge in [0.25, 0.3) is 11.8 Å². The third-order valence-electron chi connectivity index (χ3n) is 5.76. The van der Waals surface area contributed by atoms with Crippen LogP contribution >= 0.6 is 0 Å². The standard InChI is InChI=1S/C26H33N3O4/c1-18(2)16-17-33-23-14-10-21(11-15-23)26(32)29-28-25(31)20-8-12-22(13-9-20)27-24(30)19-6-4-3-5-7-19/h8-15,18-19H,3-7,16-17H2,1-2H3,(H,27,30)(H,28,31)(H,29,32). The first kappa shape index (κ1) is 24.3. The summed E-state index contributed by atoms with van der Waals surface area (Å²) in [6, 6.07) is 13.4. The van der Waals surface area contributed by atoms with E-state index >= 15 is 0 Å². The van der Waals surface area contributed by atoms with Gasteiger partial charge in [-0.2, -0.15) is 0 Å². The Labute approximate surface area is 195 Å². The van der Waals surface area contributed by atoms with Crippen LogP contribution in [0, 0.1) is 11.8 Å². The Bertz CT molecular complexity index is 933. The highest BCUT2D eigenvalue weighted by Crippen LogP contribution is 2.25. The number of carbonyl (C=O) groups is 3. The lowest BCUT2D eigenvalue weighted by atomic mass is 9.88. The lowest BCUT2D eigenvalue weighted by Crippen LogP contribution is -2.41. The predicted molar refractivity (Wildman–Crippen MR) is 128 cm³/mol. The molecule has 3 N–H and O–H groups in total. The van der Waals surface area contributed by atoms with Crippen LogP contribution in [0.15, 0.2) is 48.5 Å². The van der Waals surface area contributed by atoms with Crippen molar-refractivity contribution in [2.75, 3.05) is 11.9 Å². The van der Waals surface area contributed by atoms with Crippen LogP contribution in [0.2, 0.25) is 0 Å². The molecule has 0 saturated heterocycles. The van der Waals surface area contributed by atoms with E-state index in [1.54, 1.807) is 48.5 Å². The largest absolute Gasteiger partial charge is 0.494 e. The average Bonchev–Trinajstić information content (AvgIpc) is 2.83. The van der Waals surface area contributed by atoms with Gasteiger partial charge >= 0.3 is 0 Å². The minimum absolute atomic E-state index is 0.0375. The Morgan fingerprint density at radius 3 is 1.94 bits per heavy atom. The number of hydrogen-bond acceptors (Lipinski definition) is 4. The molecule has 7 heteroatoms. The van der Waals surface area contributed by atoms with Crippen molar-refractivity contribution in [3.8, 4) is 5.75 Å². The van der Waals surface area contributed by atoms with Crippen LogP contribution in [-0.2, 0) is 4.79 Å². The van der Waals surface area contributed by atoms with E-state index in [0.717, 1.165) is 32.1 Å². The number of rotatable bonds is 8. The third kappa shape index (κ3) is 7.63. The predicted octanol–water partition coefficient (Wildman–Crippen LogP) is 4.71. The fourth-order valence-corrected chi connectivity index (χ4v) is 3.69. The normalized spacial score (nSPS) is 13.9. The summed E-state index contributed by atoms with van der Waals surface area (Å²) in [5.41, 5.74) is 6.27. The van der Waals surface area contributed by atoms with E-state index in [4.69, 9.17) is 4.74 Å². The van der Waals surface area contributed by atoms with Gasteiger partial charge in [-0.15, -0.1) is 0 Å². The monoisotopic (exact) mass is 451 g/mol. The van der Waals surface area contributed by atoms with E-state index < -0.39 is 11.8 Å². The molecule has 2 aromatic rings. The summed E-state index contributed by atoms with van der Waals surface area (Å²) in [7, 11) is 0. The number of amides is 3. The number of hydrogen-bond donors (Lipinski definition) is 3. The second-order valence-corrected chi connectivity index (χ2v) is 8.87. The van der Waals surface area contributed by atoms with Crippen LogP contribution in [-0.4, -0.2) is 24.3 Å². The quantitative estimate of drug-likeness (QED) is 0.507. The first-order valence-corrected chi connectivity index (χ1v) is 11.7. The highest BCUT2D eigenvalue weighted by molar-refractivity contribution is 5.99. The van der Waals surface area contributed by atoms with Crippen molar-refractivity contribution in [1.29, 1.82) is 0 Å². The summed E-state index contributed by atoms with van der Waals surface area (Å²) < 4.78 is 5.65. The molecule has 0 spiro atoms. The number of anilines is 1. The number of benzene rings is 2. The molecule has 0 radical (unpaired) electrons. The summed E-state index contributed by atoms with van der Waals surface area (Å²) in [5.74, 6) is 0.505. The van der Waals surface area contributed by atoms with Crippen molar-refractivity contribution < 1.29 is 19.1 Å². The average molecular weight is 452 g/mol. The van der Waals surface area contributed by atoms with Gasteiger partial charge in [0.05, 0.1) is 6.61 Å². The lowest BCUT2D eigenvalue weighted by molar-refractivity contribution is -0.120. The summed E-state index contributed by atoms with van der Waals surface area (Å²) in [4.78, 5) is 37.0. The highest BCUT2D eigenvalue weighted by atomic mass is 16.5. The van der Waals surface area contributed by atoms with Crippen molar-refractivity contribution in [2.24, 2.45) is 11.8 Å².